The Hall–Kier alpha value is -2.53. The van der Waals surface area contributed by atoms with E-state index in [1.54, 1.807) is 11.4 Å². The molecule has 160 valence electrons. The van der Waals surface area contributed by atoms with Crippen LogP contribution < -0.4 is 15.8 Å². The molecule has 2 N–H and O–H groups in total. The Bertz CT molecular complexity index is 878. The van der Waals surface area contributed by atoms with Gasteiger partial charge in [0.1, 0.15) is 5.69 Å². The largest absolute Gasteiger partial charge is 0.379 e. The Morgan fingerprint density at radius 2 is 1.70 bits per heavy atom. The molecule has 0 bridgehead atoms. The summed E-state index contributed by atoms with van der Waals surface area (Å²) >= 11 is 1.41. The third-order valence-corrected chi connectivity index (χ3v) is 5.90. The number of hydrazine groups is 1. The summed E-state index contributed by atoms with van der Waals surface area (Å²) in [5, 5.41) is 2.47. The van der Waals surface area contributed by atoms with Crippen LogP contribution in [-0.2, 0) is 16.0 Å². The number of benzene rings is 1. The van der Waals surface area contributed by atoms with Gasteiger partial charge in [-0.2, -0.15) is 0 Å². The lowest BCUT2D eigenvalue weighted by Crippen LogP contribution is -2.42. The van der Waals surface area contributed by atoms with Gasteiger partial charge in [-0.15, -0.1) is 11.3 Å². The van der Waals surface area contributed by atoms with Crippen molar-refractivity contribution in [2.75, 3.05) is 57.5 Å². The molecule has 10 heteroatoms. The molecule has 0 radical (unpaired) electrons. The number of carbonyl (C=O) groups excluding carboxylic acids is 2. The number of hydrogen-bond donors (Lipinski definition) is 2. The van der Waals surface area contributed by atoms with Crippen molar-refractivity contribution >= 4 is 28.3 Å². The maximum atomic E-state index is 12.5. The van der Waals surface area contributed by atoms with Gasteiger partial charge in [0.2, 0.25) is 0 Å². The van der Waals surface area contributed by atoms with E-state index in [1.807, 2.05) is 18.2 Å². The number of anilines is 1. The fourth-order valence-electron chi connectivity index (χ4n) is 3.35. The molecule has 2 aliphatic rings. The quantitative estimate of drug-likeness (QED) is 0.679. The van der Waals surface area contributed by atoms with E-state index in [4.69, 9.17) is 9.47 Å². The first-order valence-corrected chi connectivity index (χ1v) is 10.8. The third-order valence-electron chi connectivity index (χ3n) is 4.99. The SMILES string of the molecule is O=C(NNC(=O)c1csc(N2CCOCC2)n1)c1cccc(CN2CCOCC2)c1. The minimum Gasteiger partial charge on any atom is -0.379 e. The van der Waals surface area contributed by atoms with Gasteiger partial charge in [-0.05, 0) is 17.7 Å². The van der Waals surface area contributed by atoms with Crippen LogP contribution in [0.15, 0.2) is 29.6 Å². The summed E-state index contributed by atoms with van der Waals surface area (Å²) in [7, 11) is 0. The van der Waals surface area contributed by atoms with Crippen LogP contribution in [0.5, 0.6) is 0 Å². The summed E-state index contributed by atoms with van der Waals surface area (Å²) in [6.45, 7) is 6.81. The zero-order valence-corrected chi connectivity index (χ0v) is 17.5. The van der Waals surface area contributed by atoms with Gasteiger partial charge >= 0.3 is 0 Å². The lowest BCUT2D eigenvalue weighted by atomic mass is 10.1. The van der Waals surface area contributed by atoms with Gasteiger partial charge in [0.15, 0.2) is 5.13 Å². The maximum Gasteiger partial charge on any atom is 0.289 e. The normalized spacial score (nSPS) is 17.5. The number of rotatable bonds is 5. The highest BCUT2D eigenvalue weighted by molar-refractivity contribution is 7.13. The first-order valence-electron chi connectivity index (χ1n) is 9.97. The second-order valence-electron chi connectivity index (χ2n) is 7.11. The smallest absolute Gasteiger partial charge is 0.289 e. The zero-order chi connectivity index (χ0) is 20.8. The molecule has 0 saturated carbocycles. The summed E-state index contributed by atoms with van der Waals surface area (Å²) < 4.78 is 10.7. The zero-order valence-electron chi connectivity index (χ0n) is 16.6. The van der Waals surface area contributed by atoms with E-state index in [0.29, 0.717) is 18.8 Å². The molecule has 2 aromatic rings. The molecular formula is C20H25N5O4S. The van der Waals surface area contributed by atoms with Crippen molar-refractivity contribution in [2.24, 2.45) is 0 Å². The molecule has 9 nitrogen and oxygen atoms in total. The highest BCUT2D eigenvalue weighted by atomic mass is 32.1. The predicted octanol–water partition coefficient (Wildman–Crippen LogP) is 0.887. The van der Waals surface area contributed by atoms with Gasteiger partial charge in [-0.1, -0.05) is 12.1 Å². The number of morpholine rings is 2. The maximum absolute atomic E-state index is 12.5. The van der Waals surface area contributed by atoms with Crippen molar-refractivity contribution < 1.29 is 19.1 Å². The third kappa shape index (κ3) is 5.33. The molecule has 30 heavy (non-hydrogen) atoms. The lowest BCUT2D eigenvalue weighted by molar-refractivity contribution is 0.0342. The van der Waals surface area contributed by atoms with Gasteiger partial charge in [0, 0.05) is 43.7 Å². The van der Waals surface area contributed by atoms with Crippen molar-refractivity contribution in [2.45, 2.75) is 6.54 Å². The van der Waals surface area contributed by atoms with E-state index in [2.05, 4.69) is 25.6 Å². The van der Waals surface area contributed by atoms with E-state index in [-0.39, 0.29) is 11.6 Å². The molecule has 4 rings (SSSR count). The topological polar surface area (TPSA) is 96.0 Å². The Morgan fingerprint density at radius 1 is 1.00 bits per heavy atom. The summed E-state index contributed by atoms with van der Waals surface area (Å²) in [5.41, 5.74) is 6.75. The first-order chi connectivity index (χ1) is 14.7. The second-order valence-corrected chi connectivity index (χ2v) is 7.95. The molecule has 1 aromatic heterocycles. The van der Waals surface area contributed by atoms with Gasteiger partial charge in [-0.25, -0.2) is 4.98 Å². The Kier molecular flexibility index (Phi) is 6.90. The molecule has 1 aromatic carbocycles. The lowest BCUT2D eigenvalue weighted by Gasteiger charge is -2.26. The summed E-state index contributed by atoms with van der Waals surface area (Å²) in [5.74, 6) is -0.806. The minimum absolute atomic E-state index is 0.280. The van der Waals surface area contributed by atoms with Crippen LogP contribution in [0, 0.1) is 0 Å². The van der Waals surface area contributed by atoms with Gasteiger partial charge in [0.25, 0.3) is 11.8 Å². The molecule has 3 heterocycles. The summed E-state index contributed by atoms with van der Waals surface area (Å²) in [6, 6.07) is 7.41. The van der Waals surface area contributed by atoms with E-state index in [1.165, 1.54) is 11.3 Å². The summed E-state index contributed by atoms with van der Waals surface area (Å²) in [4.78, 5) is 33.6. The van der Waals surface area contributed by atoms with Crippen LogP contribution in [0.2, 0.25) is 0 Å². The Balaban J connectivity index is 1.30. The van der Waals surface area contributed by atoms with Crippen LogP contribution in [0.1, 0.15) is 26.4 Å². The molecule has 0 aliphatic carbocycles. The predicted molar refractivity (Wildman–Crippen MR) is 113 cm³/mol. The minimum atomic E-state index is -0.441. The average Bonchev–Trinajstić information content (AvgIpc) is 3.29. The van der Waals surface area contributed by atoms with Gasteiger partial charge in [-0.3, -0.25) is 25.3 Å². The number of carbonyl (C=O) groups is 2. The molecule has 0 atom stereocenters. The molecule has 2 saturated heterocycles. The van der Waals surface area contributed by atoms with Crippen molar-refractivity contribution in [1.82, 2.24) is 20.7 Å². The highest BCUT2D eigenvalue weighted by Gasteiger charge is 2.18. The van der Waals surface area contributed by atoms with E-state index in [9.17, 15) is 9.59 Å². The Labute approximate surface area is 178 Å². The van der Waals surface area contributed by atoms with Crippen molar-refractivity contribution in [3.05, 3.63) is 46.5 Å². The number of amides is 2. The van der Waals surface area contributed by atoms with Crippen LogP contribution in [-0.4, -0.2) is 74.3 Å². The standard InChI is InChI=1S/C20H25N5O4S/c26-18(16-3-1-2-15(12-16)13-24-4-8-28-9-5-24)22-23-19(27)17-14-30-20(21-17)25-6-10-29-11-7-25/h1-3,12,14H,4-11,13H2,(H,22,26)(H,23,27). The van der Waals surface area contributed by atoms with Crippen LogP contribution in [0.3, 0.4) is 0 Å². The van der Waals surface area contributed by atoms with Crippen molar-refractivity contribution in [3.63, 3.8) is 0 Å². The Morgan fingerprint density at radius 3 is 2.47 bits per heavy atom. The molecular weight excluding hydrogens is 406 g/mol. The second kappa shape index (κ2) is 9.98. The van der Waals surface area contributed by atoms with E-state index < -0.39 is 5.91 Å². The van der Waals surface area contributed by atoms with E-state index >= 15 is 0 Å². The van der Waals surface area contributed by atoms with Gasteiger partial charge in [0.05, 0.1) is 26.4 Å². The first kappa shape index (κ1) is 20.7. The van der Waals surface area contributed by atoms with Crippen LogP contribution in [0.25, 0.3) is 0 Å². The highest BCUT2D eigenvalue weighted by Crippen LogP contribution is 2.21. The molecule has 0 unspecified atom stereocenters. The number of thiazole rings is 1. The number of nitrogens with one attached hydrogen (secondary N) is 2. The van der Waals surface area contributed by atoms with E-state index in [0.717, 1.165) is 56.6 Å². The number of ether oxygens (including phenoxy) is 2. The average molecular weight is 432 g/mol. The molecule has 2 aliphatic heterocycles. The summed E-state index contributed by atoms with van der Waals surface area (Å²) in [6.07, 6.45) is 0. The van der Waals surface area contributed by atoms with Crippen LogP contribution in [0.4, 0.5) is 5.13 Å². The fourth-order valence-corrected chi connectivity index (χ4v) is 4.21. The van der Waals surface area contributed by atoms with Crippen molar-refractivity contribution in [1.29, 1.82) is 0 Å². The van der Waals surface area contributed by atoms with Gasteiger partial charge < -0.3 is 14.4 Å². The fraction of sp³-hybridized carbons (Fsp3) is 0.450. The monoisotopic (exact) mass is 431 g/mol. The number of aromatic nitrogens is 1. The van der Waals surface area contributed by atoms with Crippen LogP contribution >= 0.6 is 11.3 Å². The molecule has 2 amide bonds. The number of nitrogens with zero attached hydrogens (tertiary/aromatic N) is 3. The molecule has 0 spiro atoms. The molecule has 2 fully saturated rings. The van der Waals surface area contributed by atoms with Crippen molar-refractivity contribution in [3.8, 4) is 0 Å². The number of hydrogen-bond acceptors (Lipinski definition) is 8.